The number of rotatable bonds is 4. The Hall–Kier alpha value is -1.31. The second-order valence-electron chi connectivity index (χ2n) is 6.95. The molecule has 2 rings (SSSR count). The first-order valence-corrected chi connectivity index (χ1v) is 8.44. The van der Waals surface area contributed by atoms with Crippen molar-refractivity contribution in [1.82, 2.24) is 0 Å². The minimum Gasteiger partial charge on any atom is -0.325 e. The molecule has 1 aromatic carbocycles. The summed E-state index contributed by atoms with van der Waals surface area (Å²) >= 11 is 0. The van der Waals surface area contributed by atoms with E-state index in [1.54, 1.807) is 0 Å². The summed E-state index contributed by atoms with van der Waals surface area (Å²) in [5, 5.41) is 3.27. The molecule has 0 unspecified atom stereocenters. The van der Waals surface area contributed by atoms with Gasteiger partial charge in [0.2, 0.25) is 5.91 Å². The quantitative estimate of drug-likeness (QED) is 0.783. The molecule has 1 aromatic rings. The van der Waals surface area contributed by atoms with Crippen molar-refractivity contribution in [2.75, 3.05) is 5.32 Å². The van der Waals surface area contributed by atoms with E-state index in [0.29, 0.717) is 11.8 Å². The molecule has 116 valence electrons. The highest BCUT2D eigenvalue weighted by atomic mass is 16.1. The van der Waals surface area contributed by atoms with Crippen LogP contribution in [-0.2, 0) is 4.79 Å². The number of anilines is 1. The summed E-state index contributed by atoms with van der Waals surface area (Å²) in [7, 11) is 0. The summed E-state index contributed by atoms with van der Waals surface area (Å²) in [6, 6.07) is 6.40. The molecular weight excluding hydrogens is 258 g/mol. The Morgan fingerprint density at radius 3 is 2.00 bits per heavy atom. The van der Waals surface area contributed by atoms with Crippen LogP contribution >= 0.6 is 0 Å². The lowest BCUT2D eigenvalue weighted by Gasteiger charge is -2.24. The number of para-hydroxylation sites is 1. The molecule has 0 aliphatic heterocycles. The third kappa shape index (κ3) is 3.87. The number of carbonyl (C=O) groups excluding carboxylic acids is 1. The van der Waals surface area contributed by atoms with Crippen LogP contribution in [0.15, 0.2) is 18.2 Å². The van der Waals surface area contributed by atoms with E-state index < -0.39 is 0 Å². The van der Waals surface area contributed by atoms with Crippen LogP contribution in [0.1, 0.15) is 82.8 Å². The number of hydrogen-bond acceptors (Lipinski definition) is 1. The molecule has 1 saturated carbocycles. The van der Waals surface area contributed by atoms with Gasteiger partial charge in [-0.1, -0.05) is 65.2 Å². The normalized spacial score (nSPS) is 16.5. The van der Waals surface area contributed by atoms with Gasteiger partial charge in [0, 0.05) is 11.6 Å². The van der Waals surface area contributed by atoms with Crippen LogP contribution in [-0.4, -0.2) is 5.91 Å². The lowest BCUT2D eigenvalue weighted by molar-refractivity contribution is -0.120. The molecule has 1 fully saturated rings. The van der Waals surface area contributed by atoms with Crippen molar-refractivity contribution in [3.05, 3.63) is 29.3 Å². The van der Waals surface area contributed by atoms with Crippen LogP contribution in [0.3, 0.4) is 0 Å². The molecule has 1 amide bonds. The van der Waals surface area contributed by atoms with Gasteiger partial charge in [0.15, 0.2) is 0 Å². The third-order valence-corrected chi connectivity index (χ3v) is 4.60. The van der Waals surface area contributed by atoms with Crippen LogP contribution in [0.4, 0.5) is 5.69 Å². The number of amides is 1. The predicted octanol–water partition coefficient (Wildman–Crippen LogP) is 5.45. The zero-order valence-electron chi connectivity index (χ0n) is 13.9. The van der Waals surface area contributed by atoms with Gasteiger partial charge in [-0.05, 0) is 35.8 Å². The first-order valence-electron chi connectivity index (χ1n) is 8.44. The third-order valence-electron chi connectivity index (χ3n) is 4.60. The maximum absolute atomic E-state index is 12.6. The van der Waals surface area contributed by atoms with E-state index in [9.17, 15) is 4.79 Å². The van der Waals surface area contributed by atoms with Crippen molar-refractivity contribution in [1.29, 1.82) is 0 Å². The van der Waals surface area contributed by atoms with Crippen molar-refractivity contribution in [3.63, 3.8) is 0 Å². The highest BCUT2D eigenvalue weighted by Gasteiger charge is 2.23. The zero-order valence-corrected chi connectivity index (χ0v) is 13.9. The Morgan fingerprint density at radius 1 is 1.00 bits per heavy atom. The van der Waals surface area contributed by atoms with E-state index in [1.807, 2.05) is 0 Å². The molecule has 1 N–H and O–H groups in total. The summed E-state index contributed by atoms with van der Waals surface area (Å²) < 4.78 is 0. The molecule has 21 heavy (non-hydrogen) atoms. The molecule has 0 saturated heterocycles. The summed E-state index contributed by atoms with van der Waals surface area (Å²) in [6.07, 6.45) is 5.77. The Labute approximate surface area is 129 Å². The van der Waals surface area contributed by atoms with Gasteiger partial charge in [-0.15, -0.1) is 0 Å². The fourth-order valence-corrected chi connectivity index (χ4v) is 3.29. The van der Waals surface area contributed by atoms with E-state index in [-0.39, 0.29) is 11.8 Å². The van der Waals surface area contributed by atoms with Crippen LogP contribution in [0, 0.1) is 5.92 Å². The van der Waals surface area contributed by atoms with Crippen LogP contribution < -0.4 is 5.32 Å². The largest absolute Gasteiger partial charge is 0.325 e. The van der Waals surface area contributed by atoms with Crippen molar-refractivity contribution >= 4 is 11.6 Å². The zero-order chi connectivity index (χ0) is 15.4. The molecule has 0 radical (unpaired) electrons. The van der Waals surface area contributed by atoms with Crippen LogP contribution in [0.25, 0.3) is 0 Å². The molecule has 2 heteroatoms. The standard InChI is InChI=1S/C19H29NO/c1-13(2)16-11-8-12-17(14(3)4)18(16)20-19(21)15-9-6-5-7-10-15/h8,11-15H,5-7,9-10H2,1-4H3,(H,20,21). The van der Waals surface area contributed by atoms with Gasteiger partial charge in [-0.25, -0.2) is 0 Å². The van der Waals surface area contributed by atoms with Crippen molar-refractivity contribution in [3.8, 4) is 0 Å². The van der Waals surface area contributed by atoms with E-state index in [4.69, 9.17) is 0 Å². The van der Waals surface area contributed by atoms with Crippen molar-refractivity contribution < 1.29 is 4.79 Å². The molecule has 0 aromatic heterocycles. The van der Waals surface area contributed by atoms with E-state index >= 15 is 0 Å². The Kier molecular flexibility index (Phi) is 5.44. The average Bonchev–Trinajstić information content (AvgIpc) is 2.47. The first-order chi connectivity index (χ1) is 10.0. The monoisotopic (exact) mass is 287 g/mol. The lowest BCUT2D eigenvalue weighted by atomic mass is 9.87. The Bertz CT molecular complexity index is 458. The fourth-order valence-electron chi connectivity index (χ4n) is 3.29. The van der Waals surface area contributed by atoms with E-state index in [2.05, 4.69) is 51.2 Å². The van der Waals surface area contributed by atoms with Gasteiger partial charge >= 0.3 is 0 Å². The van der Waals surface area contributed by atoms with Gasteiger partial charge in [-0.3, -0.25) is 4.79 Å². The minimum absolute atomic E-state index is 0.207. The van der Waals surface area contributed by atoms with Gasteiger partial charge in [0.1, 0.15) is 0 Å². The topological polar surface area (TPSA) is 29.1 Å². The number of benzene rings is 1. The van der Waals surface area contributed by atoms with Gasteiger partial charge in [0.25, 0.3) is 0 Å². The molecule has 0 atom stereocenters. The first kappa shape index (κ1) is 16.1. The van der Waals surface area contributed by atoms with Crippen LogP contribution in [0.2, 0.25) is 0 Å². The Balaban J connectivity index is 2.26. The highest BCUT2D eigenvalue weighted by molar-refractivity contribution is 5.94. The van der Waals surface area contributed by atoms with Crippen molar-refractivity contribution in [2.45, 2.75) is 71.6 Å². The second kappa shape index (κ2) is 7.11. The van der Waals surface area contributed by atoms with E-state index in [1.165, 1.54) is 30.4 Å². The Morgan fingerprint density at radius 2 is 1.52 bits per heavy atom. The summed E-state index contributed by atoms with van der Waals surface area (Å²) in [6.45, 7) is 8.76. The number of nitrogens with one attached hydrogen (secondary N) is 1. The number of hydrogen-bond donors (Lipinski definition) is 1. The molecule has 0 heterocycles. The maximum atomic E-state index is 12.6. The molecule has 1 aliphatic carbocycles. The highest BCUT2D eigenvalue weighted by Crippen LogP contribution is 2.33. The number of carbonyl (C=O) groups is 1. The van der Waals surface area contributed by atoms with Gasteiger partial charge in [0.05, 0.1) is 0 Å². The lowest BCUT2D eigenvalue weighted by Crippen LogP contribution is -2.26. The van der Waals surface area contributed by atoms with Gasteiger partial charge in [-0.2, -0.15) is 0 Å². The summed E-state index contributed by atoms with van der Waals surface area (Å²) in [5.74, 6) is 1.28. The summed E-state index contributed by atoms with van der Waals surface area (Å²) in [5.41, 5.74) is 3.58. The van der Waals surface area contributed by atoms with Gasteiger partial charge < -0.3 is 5.32 Å². The SMILES string of the molecule is CC(C)c1cccc(C(C)C)c1NC(=O)C1CCCCC1. The summed E-state index contributed by atoms with van der Waals surface area (Å²) in [4.78, 5) is 12.6. The smallest absolute Gasteiger partial charge is 0.227 e. The van der Waals surface area contributed by atoms with E-state index in [0.717, 1.165) is 18.5 Å². The maximum Gasteiger partial charge on any atom is 0.227 e. The fraction of sp³-hybridized carbons (Fsp3) is 0.632. The molecule has 2 nitrogen and oxygen atoms in total. The minimum atomic E-state index is 0.207. The average molecular weight is 287 g/mol. The molecule has 1 aliphatic rings. The van der Waals surface area contributed by atoms with Crippen LogP contribution in [0.5, 0.6) is 0 Å². The molecular formula is C19H29NO. The predicted molar refractivity (Wildman–Crippen MR) is 89.8 cm³/mol. The second-order valence-corrected chi connectivity index (χ2v) is 6.95. The molecule has 0 spiro atoms. The molecule has 0 bridgehead atoms. The van der Waals surface area contributed by atoms with Crippen molar-refractivity contribution in [2.24, 2.45) is 5.92 Å².